The molecule has 0 heterocycles. The summed E-state index contributed by atoms with van der Waals surface area (Å²) in [5, 5.41) is 0. The molecule has 0 aromatic carbocycles. The molecule has 0 saturated heterocycles. The molecule has 0 bridgehead atoms. The SMILES string of the molecule is C=C(C)C(C)[P+](C)=O. The van der Waals surface area contributed by atoms with Crippen LogP contribution in [0.4, 0.5) is 0 Å². The maximum absolute atomic E-state index is 10.7. The van der Waals surface area contributed by atoms with Gasteiger partial charge in [-0.2, -0.15) is 0 Å². The van der Waals surface area contributed by atoms with E-state index in [1.54, 1.807) is 6.66 Å². The Kier molecular flexibility index (Phi) is 2.93. The van der Waals surface area contributed by atoms with Crippen LogP contribution in [0.15, 0.2) is 12.2 Å². The quantitative estimate of drug-likeness (QED) is 0.415. The minimum atomic E-state index is -1.05. The molecule has 0 radical (unpaired) electrons. The molecule has 0 aliphatic heterocycles. The van der Waals surface area contributed by atoms with E-state index in [4.69, 9.17) is 0 Å². The average Bonchev–Trinajstić information content (AvgIpc) is 1.64. The van der Waals surface area contributed by atoms with E-state index in [9.17, 15) is 4.57 Å². The van der Waals surface area contributed by atoms with Crippen molar-refractivity contribution in [2.75, 3.05) is 6.66 Å². The zero-order chi connectivity index (χ0) is 6.73. The molecule has 2 unspecified atom stereocenters. The van der Waals surface area contributed by atoms with E-state index in [2.05, 4.69) is 6.58 Å². The Hall–Kier alpha value is -0.160. The Bertz CT molecular complexity index is 104. The lowest BCUT2D eigenvalue weighted by atomic mass is 10.3. The molecule has 0 saturated carbocycles. The highest BCUT2D eigenvalue weighted by Gasteiger charge is 2.18. The van der Waals surface area contributed by atoms with Crippen LogP contribution >= 0.6 is 7.80 Å². The first-order chi connectivity index (χ1) is 3.55. The van der Waals surface area contributed by atoms with E-state index in [1.807, 2.05) is 13.8 Å². The van der Waals surface area contributed by atoms with Crippen molar-refractivity contribution in [2.45, 2.75) is 19.5 Å². The van der Waals surface area contributed by atoms with E-state index in [1.165, 1.54) is 0 Å². The van der Waals surface area contributed by atoms with Crippen molar-refractivity contribution in [1.29, 1.82) is 0 Å². The van der Waals surface area contributed by atoms with Crippen LogP contribution in [-0.2, 0) is 4.57 Å². The highest BCUT2D eigenvalue weighted by Crippen LogP contribution is 2.26. The van der Waals surface area contributed by atoms with Gasteiger partial charge < -0.3 is 0 Å². The fourth-order valence-electron chi connectivity index (χ4n) is 0.310. The van der Waals surface area contributed by atoms with Crippen LogP contribution in [0.1, 0.15) is 13.8 Å². The molecule has 0 spiro atoms. The van der Waals surface area contributed by atoms with E-state index >= 15 is 0 Å². The van der Waals surface area contributed by atoms with Gasteiger partial charge in [-0.3, -0.25) is 0 Å². The molecule has 0 N–H and O–H groups in total. The second-order valence-electron chi connectivity index (χ2n) is 2.07. The molecule has 0 fully saturated rings. The molecule has 0 aromatic heterocycles. The minimum Gasteiger partial charge on any atom is -0.0957 e. The number of allylic oxidation sites excluding steroid dienone is 1. The highest BCUT2D eigenvalue weighted by molar-refractivity contribution is 7.44. The van der Waals surface area contributed by atoms with E-state index < -0.39 is 7.80 Å². The highest BCUT2D eigenvalue weighted by atomic mass is 31.1. The Balaban J connectivity index is 3.83. The minimum absolute atomic E-state index is 0.185. The summed E-state index contributed by atoms with van der Waals surface area (Å²) in [7, 11) is -1.05. The first-order valence-electron chi connectivity index (χ1n) is 2.61. The van der Waals surface area contributed by atoms with Gasteiger partial charge in [-0.05, 0) is 19.4 Å². The molecule has 0 aliphatic rings. The third-order valence-corrected chi connectivity index (χ3v) is 2.79. The van der Waals surface area contributed by atoms with Crippen molar-refractivity contribution >= 4 is 7.80 Å². The van der Waals surface area contributed by atoms with Crippen molar-refractivity contribution in [3.05, 3.63) is 12.2 Å². The third-order valence-electron chi connectivity index (χ3n) is 1.26. The van der Waals surface area contributed by atoms with Gasteiger partial charge in [-0.1, -0.05) is 11.1 Å². The molecule has 46 valence electrons. The van der Waals surface area contributed by atoms with Crippen molar-refractivity contribution in [2.24, 2.45) is 0 Å². The summed E-state index contributed by atoms with van der Waals surface area (Å²) in [5.74, 6) is 0. The van der Waals surface area contributed by atoms with E-state index in [0.717, 1.165) is 5.57 Å². The molecular formula is C6H12OP+. The standard InChI is InChI=1S/C6H12OP/c1-5(2)6(3)8(4)7/h6H,1H2,2-4H3/q+1. The monoisotopic (exact) mass is 131 g/mol. The molecular weight excluding hydrogens is 119 g/mol. The first kappa shape index (κ1) is 7.84. The van der Waals surface area contributed by atoms with Gasteiger partial charge in [0, 0.05) is 0 Å². The molecule has 8 heavy (non-hydrogen) atoms. The zero-order valence-corrected chi connectivity index (χ0v) is 6.53. The average molecular weight is 131 g/mol. The lowest BCUT2D eigenvalue weighted by molar-refractivity contribution is 0.587. The van der Waals surface area contributed by atoms with Gasteiger partial charge in [0.2, 0.25) is 0 Å². The van der Waals surface area contributed by atoms with Crippen LogP contribution in [0, 0.1) is 0 Å². The maximum atomic E-state index is 10.7. The summed E-state index contributed by atoms with van der Waals surface area (Å²) in [4.78, 5) is 0. The summed E-state index contributed by atoms with van der Waals surface area (Å²) in [6.07, 6.45) is 0. The van der Waals surface area contributed by atoms with Gasteiger partial charge in [0.05, 0.1) is 0 Å². The molecule has 2 heteroatoms. The molecule has 0 amide bonds. The van der Waals surface area contributed by atoms with E-state index in [-0.39, 0.29) is 5.66 Å². The Labute approximate surface area is 51.6 Å². The van der Waals surface area contributed by atoms with Crippen LogP contribution in [0.5, 0.6) is 0 Å². The lowest BCUT2D eigenvalue weighted by Crippen LogP contribution is -1.93. The van der Waals surface area contributed by atoms with Crippen molar-refractivity contribution < 1.29 is 4.57 Å². The summed E-state index contributed by atoms with van der Waals surface area (Å²) >= 11 is 0. The first-order valence-corrected chi connectivity index (χ1v) is 4.38. The van der Waals surface area contributed by atoms with Crippen molar-refractivity contribution in [3.8, 4) is 0 Å². The second kappa shape index (κ2) is 2.99. The predicted molar refractivity (Wildman–Crippen MR) is 37.8 cm³/mol. The molecule has 0 rings (SSSR count). The molecule has 0 aliphatic carbocycles. The Morgan fingerprint density at radius 1 is 1.75 bits per heavy atom. The molecule has 1 nitrogen and oxygen atoms in total. The predicted octanol–water partition coefficient (Wildman–Crippen LogP) is 2.41. The third kappa shape index (κ3) is 2.23. The van der Waals surface area contributed by atoms with Crippen LogP contribution in [-0.4, -0.2) is 12.3 Å². The second-order valence-corrected chi connectivity index (χ2v) is 3.94. The molecule has 0 aromatic rings. The van der Waals surface area contributed by atoms with Crippen molar-refractivity contribution in [1.82, 2.24) is 0 Å². The summed E-state index contributed by atoms with van der Waals surface area (Å²) in [6, 6.07) is 0. The Morgan fingerprint density at radius 2 is 2.12 bits per heavy atom. The fraction of sp³-hybridized carbons (Fsp3) is 0.667. The summed E-state index contributed by atoms with van der Waals surface area (Å²) in [6.45, 7) is 9.26. The summed E-state index contributed by atoms with van der Waals surface area (Å²) in [5.41, 5.74) is 1.19. The van der Waals surface area contributed by atoms with Gasteiger partial charge in [0.25, 0.3) is 0 Å². The normalized spacial score (nSPS) is 15.1. The zero-order valence-electron chi connectivity index (χ0n) is 5.64. The smallest absolute Gasteiger partial charge is 0.0957 e. The van der Waals surface area contributed by atoms with Gasteiger partial charge in [-0.15, -0.1) is 0 Å². The van der Waals surface area contributed by atoms with Crippen LogP contribution in [0.3, 0.4) is 0 Å². The van der Waals surface area contributed by atoms with Crippen LogP contribution in [0.2, 0.25) is 0 Å². The van der Waals surface area contributed by atoms with E-state index in [0.29, 0.717) is 0 Å². The van der Waals surface area contributed by atoms with Crippen LogP contribution < -0.4 is 0 Å². The lowest BCUT2D eigenvalue weighted by Gasteiger charge is -1.93. The molecule has 2 atom stereocenters. The van der Waals surface area contributed by atoms with Crippen LogP contribution in [0.25, 0.3) is 0 Å². The van der Waals surface area contributed by atoms with Gasteiger partial charge in [-0.25, -0.2) is 0 Å². The maximum Gasteiger partial charge on any atom is 0.342 e. The van der Waals surface area contributed by atoms with Gasteiger partial charge in [0.1, 0.15) is 6.66 Å². The number of rotatable bonds is 2. The number of hydrogen-bond donors (Lipinski definition) is 0. The summed E-state index contributed by atoms with van der Waals surface area (Å²) < 4.78 is 10.7. The topological polar surface area (TPSA) is 17.1 Å². The van der Waals surface area contributed by atoms with Gasteiger partial charge in [0.15, 0.2) is 5.66 Å². The van der Waals surface area contributed by atoms with Crippen molar-refractivity contribution in [3.63, 3.8) is 0 Å². The van der Waals surface area contributed by atoms with Gasteiger partial charge >= 0.3 is 7.80 Å². The largest absolute Gasteiger partial charge is 0.342 e. The Morgan fingerprint density at radius 3 is 2.12 bits per heavy atom. The fourth-order valence-corrected chi connectivity index (χ4v) is 0.931. The number of hydrogen-bond acceptors (Lipinski definition) is 1.